The van der Waals surface area contributed by atoms with Gasteiger partial charge in [0.15, 0.2) is 0 Å². The number of carbonyl (C=O) groups is 1. The highest BCUT2D eigenvalue weighted by atomic mass is 16.5. The number of fused-ring (bicyclic) bond motifs is 5. The van der Waals surface area contributed by atoms with Crippen molar-refractivity contribution < 1.29 is 9.53 Å². The molecule has 0 N–H and O–H groups in total. The van der Waals surface area contributed by atoms with E-state index in [9.17, 15) is 4.79 Å². The molecular formula is C21H27N3O2. The monoisotopic (exact) mass is 353 g/mol. The summed E-state index contributed by atoms with van der Waals surface area (Å²) in [4.78, 5) is 20.4. The first-order chi connectivity index (χ1) is 12.5. The number of ether oxygens (including phenoxy) is 1. The topological polar surface area (TPSA) is 47.4 Å². The molecule has 0 spiro atoms. The maximum absolute atomic E-state index is 13.0. The van der Waals surface area contributed by atoms with Gasteiger partial charge in [-0.3, -0.25) is 9.36 Å². The molecule has 26 heavy (non-hydrogen) atoms. The first-order valence-electron chi connectivity index (χ1n) is 9.64. The number of hydrogen-bond donors (Lipinski definition) is 0. The molecule has 138 valence electrons. The van der Waals surface area contributed by atoms with Crippen molar-refractivity contribution >= 4 is 11.7 Å². The highest BCUT2D eigenvalue weighted by Gasteiger charge is 2.38. The lowest BCUT2D eigenvalue weighted by molar-refractivity contribution is -0.0401. The molecule has 0 bridgehead atoms. The zero-order valence-corrected chi connectivity index (χ0v) is 16.1. The molecule has 2 aliphatic heterocycles. The lowest BCUT2D eigenvalue weighted by Gasteiger charge is -2.35. The zero-order valence-electron chi connectivity index (χ0n) is 16.1. The Bertz CT molecular complexity index is 866. The van der Waals surface area contributed by atoms with Crippen LogP contribution in [-0.2, 0) is 17.8 Å². The van der Waals surface area contributed by atoms with E-state index in [0.717, 1.165) is 66.2 Å². The second kappa shape index (κ2) is 6.23. The quantitative estimate of drug-likeness (QED) is 0.695. The molecular weight excluding hydrogens is 326 g/mol. The molecule has 2 aromatic heterocycles. The maximum atomic E-state index is 13.0. The summed E-state index contributed by atoms with van der Waals surface area (Å²) in [5, 5.41) is 0. The summed E-state index contributed by atoms with van der Waals surface area (Å²) in [7, 11) is 0. The highest BCUT2D eigenvalue weighted by Crippen LogP contribution is 2.42. The van der Waals surface area contributed by atoms with Gasteiger partial charge in [-0.1, -0.05) is 13.3 Å². The molecule has 2 aromatic rings. The molecule has 4 heterocycles. The number of carbonyl (C=O) groups excluding carboxylic acids is 1. The molecule has 4 rings (SSSR count). The summed E-state index contributed by atoms with van der Waals surface area (Å²) in [6.45, 7) is 10.9. The summed E-state index contributed by atoms with van der Waals surface area (Å²) >= 11 is 0. The average molecular weight is 353 g/mol. The first kappa shape index (κ1) is 17.3. The predicted octanol–water partition coefficient (Wildman–Crippen LogP) is 4.03. The van der Waals surface area contributed by atoms with Crippen LogP contribution < -0.4 is 4.90 Å². The molecule has 0 aromatic carbocycles. The van der Waals surface area contributed by atoms with E-state index in [0.29, 0.717) is 6.61 Å². The van der Waals surface area contributed by atoms with Crippen molar-refractivity contribution in [1.29, 1.82) is 0 Å². The van der Waals surface area contributed by atoms with Crippen molar-refractivity contribution in [3.8, 4) is 11.4 Å². The number of pyridine rings is 1. The van der Waals surface area contributed by atoms with Gasteiger partial charge in [-0.25, -0.2) is 4.98 Å². The Hall–Kier alpha value is -2.14. The Kier molecular flexibility index (Phi) is 4.14. The minimum absolute atomic E-state index is 0.0459. The molecule has 0 amide bonds. The molecule has 0 unspecified atom stereocenters. The molecule has 5 nitrogen and oxygen atoms in total. The maximum Gasteiger partial charge on any atom is 0.264 e. The Labute approximate surface area is 155 Å². The summed E-state index contributed by atoms with van der Waals surface area (Å²) < 4.78 is 7.83. The van der Waals surface area contributed by atoms with E-state index in [1.807, 2.05) is 18.3 Å². The van der Waals surface area contributed by atoms with Gasteiger partial charge in [-0.15, -0.1) is 0 Å². The number of rotatable bonds is 5. The van der Waals surface area contributed by atoms with Crippen molar-refractivity contribution in [3.63, 3.8) is 0 Å². The van der Waals surface area contributed by atoms with Crippen LogP contribution in [0, 0.1) is 0 Å². The fourth-order valence-corrected chi connectivity index (χ4v) is 4.06. The smallest absolute Gasteiger partial charge is 0.264 e. The fraction of sp³-hybridized carbons (Fsp3) is 0.524. The van der Waals surface area contributed by atoms with Crippen molar-refractivity contribution in [1.82, 2.24) is 9.55 Å². The summed E-state index contributed by atoms with van der Waals surface area (Å²) in [6.07, 6.45) is 4.85. The largest absolute Gasteiger partial charge is 0.370 e. The van der Waals surface area contributed by atoms with E-state index in [2.05, 4.69) is 32.6 Å². The van der Waals surface area contributed by atoms with E-state index < -0.39 is 0 Å². The van der Waals surface area contributed by atoms with E-state index in [-0.39, 0.29) is 11.5 Å². The Morgan fingerprint density at radius 2 is 2.12 bits per heavy atom. The Balaban J connectivity index is 1.92. The van der Waals surface area contributed by atoms with E-state index >= 15 is 0 Å². The van der Waals surface area contributed by atoms with Crippen LogP contribution in [0.4, 0.5) is 5.82 Å². The van der Waals surface area contributed by atoms with Gasteiger partial charge >= 0.3 is 0 Å². The summed E-state index contributed by atoms with van der Waals surface area (Å²) in [6, 6.07) is 3.90. The fourth-order valence-electron chi connectivity index (χ4n) is 4.06. The van der Waals surface area contributed by atoms with Crippen LogP contribution in [0.15, 0.2) is 18.3 Å². The van der Waals surface area contributed by atoms with Gasteiger partial charge in [0.25, 0.3) is 5.91 Å². The van der Waals surface area contributed by atoms with Crippen LogP contribution in [0.3, 0.4) is 0 Å². The average Bonchev–Trinajstić information content (AvgIpc) is 3.18. The van der Waals surface area contributed by atoms with Crippen LogP contribution in [0.1, 0.15) is 62.0 Å². The van der Waals surface area contributed by atoms with Gasteiger partial charge in [0, 0.05) is 31.3 Å². The minimum Gasteiger partial charge on any atom is -0.370 e. The van der Waals surface area contributed by atoms with Crippen LogP contribution in [0.25, 0.3) is 11.4 Å². The molecule has 0 atom stereocenters. The number of unbranched alkanes of at least 4 members (excludes halogenated alkanes) is 1. The van der Waals surface area contributed by atoms with Crippen LogP contribution in [0.2, 0.25) is 0 Å². The Morgan fingerprint density at radius 3 is 2.85 bits per heavy atom. The molecule has 5 heteroatoms. The molecule has 0 radical (unpaired) electrons. The normalized spacial score (nSPS) is 17.0. The van der Waals surface area contributed by atoms with Crippen LogP contribution in [0.5, 0.6) is 0 Å². The molecule has 2 aliphatic rings. The highest BCUT2D eigenvalue weighted by molar-refractivity contribution is 6.09. The minimum atomic E-state index is -0.266. The SMILES string of the molecule is CCCCN(CC)c1nc2c(c3c1COC(C)(C)C3)C(=O)n1cccc1-2. The molecule has 0 saturated carbocycles. The van der Waals surface area contributed by atoms with Crippen molar-refractivity contribution in [2.75, 3.05) is 18.0 Å². The lowest BCUT2D eigenvalue weighted by atomic mass is 9.87. The third-order valence-electron chi connectivity index (χ3n) is 5.49. The van der Waals surface area contributed by atoms with Crippen LogP contribution in [-0.4, -0.2) is 34.1 Å². The van der Waals surface area contributed by atoms with Gasteiger partial charge in [-0.2, -0.15) is 0 Å². The standard InChI is InChI=1S/C21H27N3O2/c1-5-7-10-23(6-2)19-15-13-26-21(3,4)12-14(15)17-18(22-19)16-9-8-11-24(16)20(17)25/h8-9,11H,5-7,10,12-13H2,1-4H3. The first-order valence-corrected chi connectivity index (χ1v) is 9.64. The summed E-state index contributed by atoms with van der Waals surface area (Å²) in [5.74, 6) is 1.04. The second-order valence-corrected chi connectivity index (χ2v) is 7.84. The van der Waals surface area contributed by atoms with E-state index in [1.165, 1.54) is 0 Å². The van der Waals surface area contributed by atoms with Crippen LogP contribution >= 0.6 is 0 Å². The second-order valence-electron chi connectivity index (χ2n) is 7.84. The third-order valence-corrected chi connectivity index (χ3v) is 5.49. The van der Waals surface area contributed by atoms with Gasteiger partial charge in [0.05, 0.1) is 23.5 Å². The van der Waals surface area contributed by atoms with E-state index in [1.54, 1.807) is 4.57 Å². The van der Waals surface area contributed by atoms with E-state index in [4.69, 9.17) is 9.72 Å². The molecule has 0 aliphatic carbocycles. The number of aromatic nitrogens is 2. The summed E-state index contributed by atoms with van der Waals surface area (Å²) in [5.41, 5.74) is 4.48. The third kappa shape index (κ3) is 2.57. The number of hydrogen-bond acceptors (Lipinski definition) is 4. The van der Waals surface area contributed by atoms with Gasteiger partial charge in [-0.05, 0) is 44.9 Å². The van der Waals surface area contributed by atoms with Crippen molar-refractivity contribution in [3.05, 3.63) is 35.0 Å². The zero-order chi connectivity index (χ0) is 18.5. The van der Waals surface area contributed by atoms with Crippen molar-refractivity contribution in [2.45, 2.75) is 59.2 Å². The van der Waals surface area contributed by atoms with Crippen molar-refractivity contribution in [2.24, 2.45) is 0 Å². The number of anilines is 1. The van der Waals surface area contributed by atoms with Gasteiger partial charge < -0.3 is 9.64 Å². The van der Waals surface area contributed by atoms with Gasteiger partial charge in [0.2, 0.25) is 0 Å². The lowest BCUT2D eigenvalue weighted by Crippen LogP contribution is -2.35. The Morgan fingerprint density at radius 1 is 1.31 bits per heavy atom. The number of nitrogens with zero attached hydrogens (tertiary/aromatic N) is 3. The molecule has 0 saturated heterocycles. The van der Waals surface area contributed by atoms with Gasteiger partial charge in [0.1, 0.15) is 11.5 Å². The predicted molar refractivity (Wildman–Crippen MR) is 103 cm³/mol. The molecule has 0 fully saturated rings.